The van der Waals surface area contributed by atoms with Crippen molar-refractivity contribution in [1.82, 2.24) is 9.97 Å². The van der Waals surface area contributed by atoms with Crippen LogP contribution in [0.2, 0.25) is 0 Å². The van der Waals surface area contributed by atoms with Crippen LogP contribution in [0.3, 0.4) is 0 Å². The molecule has 98 valence electrons. The molecule has 0 radical (unpaired) electrons. The number of hydrogen-bond acceptors (Lipinski definition) is 6. The van der Waals surface area contributed by atoms with Crippen LogP contribution in [0.4, 0.5) is 5.13 Å². The van der Waals surface area contributed by atoms with Gasteiger partial charge in [-0.25, -0.2) is 9.97 Å². The van der Waals surface area contributed by atoms with Crippen molar-refractivity contribution in [1.29, 1.82) is 0 Å². The molecule has 0 atom stereocenters. The van der Waals surface area contributed by atoms with Gasteiger partial charge in [-0.2, -0.15) is 11.8 Å². The molecule has 2 rings (SSSR count). The molecular formula is C12H17N3S3. The zero-order valence-corrected chi connectivity index (χ0v) is 13.2. The van der Waals surface area contributed by atoms with Gasteiger partial charge in [-0.1, -0.05) is 20.8 Å². The smallest absolute Gasteiger partial charge is 0.180 e. The number of nitrogen functional groups attached to an aromatic ring is 1. The summed E-state index contributed by atoms with van der Waals surface area (Å²) in [5, 5.41) is 3.83. The summed E-state index contributed by atoms with van der Waals surface area (Å²) in [5.74, 6) is 2.52. The van der Waals surface area contributed by atoms with Gasteiger partial charge in [0, 0.05) is 11.1 Å². The monoisotopic (exact) mass is 299 g/mol. The first kappa shape index (κ1) is 13.8. The van der Waals surface area contributed by atoms with Crippen molar-refractivity contribution >= 4 is 39.6 Å². The van der Waals surface area contributed by atoms with E-state index in [0.717, 1.165) is 22.9 Å². The fourth-order valence-electron chi connectivity index (χ4n) is 1.60. The van der Waals surface area contributed by atoms with Gasteiger partial charge in [0.05, 0.1) is 16.3 Å². The summed E-state index contributed by atoms with van der Waals surface area (Å²) in [6.45, 7) is 6.51. The number of rotatable bonds is 5. The number of nitrogens with two attached hydrogens (primary N) is 1. The zero-order chi connectivity index (χ0) is 13.1. The van der Waals surface area contributed by atoms with Crippen LogP contribution in [0.1, 0.15) is 37.4 Å². The number of thioether (sulfide) groups is 1. The van der Waals surface area contributed by atoms with Gasteiger partial charge >= 0.3 is 0 Å². The third kappa shape index (κ3) is 3.05. The molecule has 0 spiro atoms. The maximum Gasteiger partial charge on any atom is 0.180 e. The predicted octanol–water partition coefficient (Wildman–Crippen LogP) is 4.23. The lowest BCUT2D eigenvalue weighted by Crippen LogP contribution is -1.92. The van der Waals surface area contributed by atoms with Crippen LogP contribution in [0.25, 0.3) is 10.6 Å². The van der Waals surface area contributed by atoms with Gasteiger partial charge in [-0.15, -0.1) is 22.7 Å². The Morgan fingerprint density at radius 1 is 1.39 bits per heavy atom. The number of aromatic nitrogens is 2. The maximum absolute atomic E-state index is 5.72. The normalized spacial score (nSPS) is 11.3. The van der Waals surface area contributed by atoms with E-state index >= 15 is 0 Å². The Morgan fingerprint density at radius 3 is 2.72 bits per heavy atom. The van der Waals surface area contributed by atoms with Crippen LogP contribution in [0.15, 0.2) is 5.38 Å². The molecule has 2 aromatic rings. The second kappa shape index (κ2) is 6.04. The first-order chi connectivity index (χ1) is 8.61. The SMILES string of the molecule is CCSCc1nc(C(C)C)c(-c2csc(N)n2)s1. The molecule has 2 N–H and O–H groups in total. The Balaban J connectivity index is 2.35. The molecule has 0 aliphatic heterocycles. The van der Waals surface area contributed by atoms with E-state index in [1.807, 2.05) is 17.1 Å². The second-order valence-corrected chi connectivity index (χ2v) is 7.43. The predicted molar refractivity (Wildman–Crippen MR) is 83.6 cm³/mol. The van der Waals surface area contributed by atoms with Gasteiger partial charge in [-0.3, -0.25) is 0 Å². The molecule has 3 nitrogen and oxygen atoms in total. The van der Waals surface area contributed by atoms with Crippen molar-refractivity contribution in [2.24, 2.45) is 0 Å². The highest BCUT2D eigenvalue weighted by molar-refractivity contribution is 7.98. The summed E-state index contributed by atoms with van der Waals surface area (Å²) >= 11 is 5.14. The molecule has 2 heterocycles. The van der Waals surface area contributed by atoms with Crippen molar-refractivity contribution in [3.8, 4) is 10.6 Å². The quantitative estimate of drug-likeness (QED) is 0.898. The van der Waals surface area contributed by atoms with Crippen molar-refractivity contribution in [2.75, 3.05) is 11.5 Å². The minimum absolute atomic E-state index is 0.416. The molecule has 0 amide bonds. The molecule has 18 heavy (non-hydrogen) atoms. The Bertz CT molecular complexity index is 516. The second-order valence-electron chi connectivity index (χ2n) is 4.18. The van der Waals surface area contributed by atoms with Crippen LogP contribution >= 0.6 is 34.4 Å². The Morgan fingerprint density at radius 2 is 2.17 bits per heavy atom. The number of anilines is 1. The summed E-state index contributed by atoms with van der Waals surface area (Å²) in [7, 11) is 0. The van der Waals surface area contributed by atoms with Gasteiger partial charge in [-0.05, 0) is 11.7 Å². The third-order valence-corrected chi connectivity index (χ3v) is 5.26. The van der Waals surface area contributed by atoms with Gasteiger partial charge in [0.25, 0.3) is 0 Å². The third-order valence-electron chi connectivity index (χ3n) is 2.43. The first-order valence-corrected chi connectivity index (χ1v) is 8.75. The summed E-state index contributed by atoms with van der Waals surface area (Å²) < 4.78 is 0. The Hall–Kier alpha value is -0.590. The molecule has 0 unspecified atom stereocenters. The number of hydrogen-bond donors (Lipinski definition) is 1. The molecule has 6 heteroatoms. The van der Waals surface area contributed by atoms with Crippen LogP contribution in [-0.4, -0.2) is 15.7 Å². The average molecular weight is 299 g/mol. The van der Waals surface area contributed by atoms with Crippen molar-refractivity contribution in [3.05, 3.63) is 16.1 Å². The summed E-state index contributed by atoms with van der Waals surface area (Å²) in [6, 6.07) is 0. The van der Waals surface area contributed by atoms with E-state index in [9.17, 15) is 0 Å². The molecule has 0 saturated heterocycles. The van der Waals surface area contributed by atoms with Crippen molar-refractivity contribution in [3.63, 3.8) is 0 Å². The van der Waals surface area contributed by atoms with E-state index in [2.05, 4.69) is 25.8 Å². The molecular weight excluding hydrogens is 282 g/mol. The highest BCUT2D eigenvalue weighted by atomic mass is 32.2. The summed E-state index contributed by atoms with van der Waals surface area (Å²) in [5.41, 5.74) is 7.84. The minimum Gasteiger partial charge on any atom is -0.375 e. The largest absolute Gasteiger partial charge is 0.375 e. The zero-order valence-electron chi connectivity index (χ0n) is 10.8. The highest BCUT2D eigenvalue weighted by Gasteiger charge is 2.17. The molecule has 0 aliphatic rings. The number of nitrogens with zero attached hydrogens (tertiary/aromatic N) is 2. The van der Waals surface area contributed by atoms with Gasteiger partial charge in [0.2, 0.25) is 0 Å². The lowest BCUT2D eigenvalue weighted by Gasteiger charge is -2.02. The van der Waals surface area contributed by atoms with Crippen molar-refractivity contribution < 1.29 is 0 Å². The summed E-state index contributed by atoms with van der Waals surface area (Å²) in [6.07, 6.45) is 0. The molecule has 0 aliphatic carbocycles. The van der Waals surface area contributed by atoms with E-state index in [4.69, 9.17) is 10.7 Å². The highest BCUT2D eigenvalue weighted by Crippen LogP contribution is 2.36. The Labute approximate surface area is 120 Å². The summed E-state index contributed by atoms with van der Waals surface area (Å²) in [4.78, 5) is 10.3. The van der Waals surface area contributed by atoms with Crippen LogP contribution in [-0.2, 0) is 5.75 Å². The van der Waals surface area contributed by atoms with E-state index < -0.39 is 0 Å². The Kier molecular flexibility index (Phi) is 4.64. The lowest BCUT2D eigenvalue weighted by molar-refractivity contribution is 0.829. The van der Waals surface area contributed by atoms with Crippen LogP contribution < -0.4 is 5.73 Å². The molecule has 0 fully saturated rings. The molecule has 0 aromatic carbocycles. The lowest BCUT2D eigenvalue weighted by atomic mass is 10.1. The van der Waals surface area contributed by atoms with E-state index in [0.29, 0.717) is 11.0 Å². The van der Waals surface area contributed by atoms with Crippen LogP contribution in [0, 0.1) is 0 Å². The number of thiazole rings is 2. The fourth-order valence-corrected chi connectivity index (χ4v) is 4.13. The van der Waals surface area contributed by atoms with E-state index in [1.165, 1.54) is 21.2 Å². The van der Waals surface area contributed by atoms with Gasteiger partial charge < -0.3 is 5.73 Å². The maximum atomic E-state index is 5.72. The van der Waals surface area contributed by atoms with Gasteiger partial charge in [0.1, 0.15) is 5.01 Å². The molecule has 0 bridgehead atoms. The minimum atomic E-state index is 0.416. The molecule has 0 saturated carbocycles. The fraction of sp³-hybridized carbons (Fsp3) is 0.500. The molecule has 2 aromatic heterocycles. The van der Waals surface area contributed by atoms with Crippen molar-refractivity contribution in [2.45, 2.75) is 32.4 Å². The topological polar surface area (TPSA) is 51.8 Å². The average Bonchev–Trinajstić information content (AvgIpc) is 2.92. The van der Waals surface area contributed by atoms with E-state index in [-0.39, 0.29) is 0 Å². The first-order valence-electron chi connectivity index (χ1n) is 5.90. The van der Waals surface area contributed by atoms with E-state index in [1.54, 1.807) is 11.3 Å². The van der Waals surface area contributed by atoms with Crippen LogP contribution in [0.5, 0.6) is 0 Å². The standard InChI is InChI=1S/C12H17N3S3/c1-4-16-6-9-15-10(7(2)3)11(18-9)8-5-17-12(13)14-8/h5,7H,4,6H2,1-3H3,(H2,13,14). The van der Waals surface area contributed by atoms with Gasteiger partial charge in [0.15, 0.2) is 5.13 Å².